The van der Waals surface area contributed by atoms with Gasteiger partial charge in [0.1, 0.15) is 17.2 Å². The van der Waals surface area contributed by atoms with Crippen molar-refractivity contribution in [3.63, 3.8) is 0 Å². The fraction of sp³-hybridized carbons (Fsp3) is 0.263. The lowest BCUT2D eigenvalue weighted by molar-refractivity contribution is -0.123. The van der Waals surface area contributed by atoms with E-state index < -0.39 is 0 Å². The first kappa shape index (κ1) is 18.3. The molecule has 6 heteroatoms. The van der Waals surface area contributed by atoms with Crippen molar-refractivity contribution in [1.82, 2.24) is 5.43 Å². The summed E-state index contributed by atoms with van der Waals surface area (Å²) < 4.78 is 10.8. The monoisotopic (exact) mass is 342 g/mol. The lowest BCUT2D eigenvalue weighted by Crippen LogP contribution is -2.24. The second kappa shape index (κ2) is 8.73. The van der Waals surface area contributed by atoms with Gasteiger partial charge in [0, 0.05) is 11.6 Å². The van der Waals surface area contributed by atoms with Crippen LogP contribution >= 0.6 is 0 Å². The van der Waals surface area contributed by atoms with Crippen LogP contribution in [-0.2, 0) is 4.79 Å². The number of nitrogens with one attached hydrogen (secondary N) is 1. The molecule has 0 aliphatic heterocycles. The highest BCUT2D eigenvalue weighted by molar-refractivity contribution is 5.85. The van der Waals surface area contributed by atoms with Crippen LogP contribution in [0, 0.1) is 13.8 Å². The molecule has 1 amide bonds. The van der Waals surface area contributed by atoms with Gasteiger partial charge in [-0.25, -0.2) is 5.43 Å². The molecule has 0 radical (unpaired) electrons. The summed E-state index contributed by atoms with van der Waals surface area (Å²) in [5.74, 6) is 0.870. The zero-order chi connectivity index (χ0) is 18.2. The number of benzene rings is 2. The maximum Gasteiger partial charge on any atom is 0.277 e. The molecule has 132 valence electrons. The van der Waals surface area contributed by atoms with E-state index in [9.17, 15) is 9.90 Å². The molecule has 2 aromatic carbocycles. The number of phenols is 1. The van der Waals surface area contributed by atoms with E-state index in [0.717, 1.165) is 11.1 Å². The number of hydrazone groups is 1. The molecular formula is C19H22N2O4. The molecule has 0 aromatic heterocycles. The van der Waals surface area contributed by atoms with E-state index in [1.165, 1.54) is 12.3 Å². The van der Waals surface area contributed by atoms with Crippen LogP contribution in [0.1, 0.15) is 23.6 Å². The lowest BCUT2D eigenvalue weighted by atomic mass is 10.1. The Bertz CT molecular complexity index is 772. The fourth-order valence-electron chi connectivity index (χ4n) is 2.20. The normalized spacial score (nSPS) is 10.7. The molecule has 0 fully saturated rings. The van der Waals surface area contributed by atoms with Crippen LogP contribution in [0.2, 0.25) is 0 Å². The summed E-state index contributed by atoms with van der Waals surface area (Å²) in [6.45, 7) is 6.16. The Morgan fingerprint density at radius 1 is 1.20 bits per heavy atom. The van der Waals surface area contributed by atoms with Crippen molar-refractivity contribution >= 4 is 12.1 Å². The van der Waals surface area contributed by atoms with Gasteiger partial charge in [0.05, 0.1) is 12.8 Å². The summed E-state index contributed by atoms with van der Waals surface area (Å²) in [5, 5.41) is 13.7. The highest BCUT2D eigenvalue weighted by Crippen LogP contribution is 2.22. The number of aryl methyl sites for hydroxylation is 2. The van der Waals surface area contributed by atoms with Crippen molar-refractivity contribution in [2.75, 3.05) is 13.2 Å². The van der Waals surface area contributed by atoms with Gasteiger partial charge >= 0.3 is 0 Å². The zero-order valence-corrected chi connectivity index (χ0v) is 14.6. The minimum atomic E-state index is -0.387. The van der Waals surface area contributed by atoms with Crippen molar-refractivity contribution in [1.29, 1.82) is 0 Å². The summed E-state index contributed by atoms with van der Waals surface area (Å²) in [5.41, 5.74) is 4.94. The molecule has 0 unspecified atom stereocenters. The third-order valence-corrected chi connectivity index (χ3v) is 3.39. The van der Waals surface area contributed by atoms with Crippen LogP contribution in [0.25, 0.3) is 0 Å². The van der Waals surface area contributed by atoms with Crippen molar-refractivity contribution in [3.05, 3.63) is 53.1 Å². The summed E-state index contributed by atoms with van der Waals surface area (Å²) in [4.78, 5) is 11.8. The Labute approximate surface area is 147 Å². The first-order chi connectivity index (χ1) is 12.0. The lowest BCUT2D eigenvalue weighted by Gasteiger charge is -2.08. The molecule has 2 aromatic rings. The van der Waals surface area contributed by atoms with Crippen molar-refractivity contribution < 1.29 is 19.4 Å². The van der Waals surface area contributed by atoms with Crippen LogP contribution in [0.3, 0.4) is 0 Å². The van der Waals surface area contributed by atoms with E-state index in [4.69, 9.17) is 9.47 Å². The number of ether oxygens (including phenoxy) is 2. The molecule has 0 heterocycles. The van der Waals surface area contributed by atoms with Gasteiger partial charge in [-0.1, -0.05) is 17.7 Å². The van der Waals surface area contributed by atoms with Gasteiger partial charge in [0.25, 0.3) is 5.91 Å². The first-order valence-electron chi connectivity index (χ1n) is 7.97. The number of amides is 1. The molecule has 0 saturated heterocycles. The summed E-state index contributed by atoms with van der Waals surface area (Å²) in [6.07, 6.45) is 1.36. The molecule has 6 nitrogen and oxygen atoms in total. The number of rotatable bonds is 7. The van der Waals surface area contributed by atoms with Crippen LogP contribution in [-0.4, -0.2) is 30.4 Å². The average molecular weight is 342 g/mol. The van der Waals surface area contributed by atoms with Crippen molar-refractivity contribution in [3.8, 4) is 17.2 Å². The third-order valence-electron chi connectivity index (χ3n) is 3.39. The summed E-state index contributed by atoms with van der Waals surface area (Å²) in [7, 11) is 0. The van der Waals surface area contributed by atoms with E-state index in [1.54, 1.807) is 12.1 Å². The van der Waals surface area contributed by atoms with E-state index in [2.05, 4.69) is 10.5 Å². The molecule has 0 spiro atoms. The molecule has 0 atom stereocenters. The van der Waals surface area contributed by atoms with Gasteiger partial charge in [-0.15, -0.1) is 0 Å². The Morgan fingerprint density at radius 3 is 2.68 bits per heavy atom. The van der Waals surface area contributed by atoms with Crippen molar-refractivity contribution in [2.24, 2.45) is 5.10 Å². The molecule has 0 aliphatic carbocycles. The molecule has 0 bridgehead atoms. The molecule has 25 heavy (non-hydrogen) atoms. The number of carbonyl (C=O) groups excluding carboxylic acids is 1. The first-order valence-corrected chi connectivity index (χ1v) is 7.97. The second-order valence-corrected chi connectivity index (χ2v) is 5.50. The smallest absolute Gasteiger partial charge is 0.277 e. The number of phenolic OH excluding ortho intramolecular Hbond substituents is 1. The SMILES string of the molecule is CCOc1ccc(C=NNC(=O)COc2ccc(C)cc2C)c(O)c1. The van der Waals surface area contributed by atoms with Gasteiger partial charge in [-0.05, 0) is 44.5 Å². The van der Waals surface area contributed by atoms with Gasteiger partial charge in [-0.2, -0.15) is 5.10 Å². The van der Waals surface area contributed by atoms with E-state index in [1.807, 2.05) is 39.0 Å². The molecule has 0 aliphatic rings. The largest absolute Gasteiger partial charge is 0.507 e. The predicted octanol–water partition coefficient (Wildman–Crippen LogP) is 2.94. The highest BCUT2D eigenvalue weighted by atomic mass is 16.5. The highest BCUT2D eigenvalue weighted by Gasteiger charge is 2.05. The van der Waals surface area contributed by atoms with Crippen LogP contribution in [0.5, 0.6) is 17.2 Å². The minimum absolute atomic E-state index is 0.0236. The predicted molar refractivity (Wildman–Crippen MR) is 96.4 cm³/mol. The maximum atomic E-state index is 11.8. The topological polar surface area (TPSA) is 80.2 Å². The fourth-order valence-corrected chi connectivity index (χ4v) is 2.20. The maximum absolute atomic E-state index is 11.8. The average Bonchev–Trinajstić information content (AvgIpc) is 2.56. The Kier molecular flexibility index (Phi) is 6.39. The minimum Gasteiger partial charge on any atom is -0.507 e. The van der Waals surface area contributed by atoms with Crippen molar-refractivity contribution in [2.45, 2.75) is 20.8 Å². The molecule has 0 saturated carbocycles. The Hall–Kier alpha value is -3.02. The third kappa shape index (κ3) is 5.53. The number of hydrogen-bond acceptors (Lipinski definition) is 5. The second-order valence-electron chi connectivity index (χ2n) is 5.50. The van der Waals surface area contributed by atoms with Gasteiger partial charge in [-0.3, -0.25) is 4.79 Å². The summed E-state index contributed by atoms with van der Waals surface area (Å²) in [6, 6.07) is 10.6. The van der Waals surface area contributed by atoms with E-state index in [0.29, 0.717) is 23.7 Å². The quantitative estimate of drug-likeness (QED) is 0.599. The number of aromatic hydroxyl groups is 1. The van der Waals surface area contributed by atoms with Gasteiger partial charge < -0.3 is 14.6 Å². The number of carbonyl (C=O) groups is 1. The van der Waals surface area contributed by atoms with Crippen LogP contribution in [0.15, 0.2) is 41.5 Å². The molecular weight excluding hydrogens is 320 g/mol. The standard InChI is InChI=1S/C19H22N2O4/c1-4-24-16-7-6-15(17(22)10-16)11-20-21-19(23)12-25-18-8-5-13(2)9-14(18)3/h5-11,22H,4,12H2,1-3H3,(H,21,23). The van der Waals surface area contributed by atoms with E-state index >= 15 is 0 Å². The Balaban J connectivity index is 1.86. The van der Waals surface area contributed by atoms with Crippen LogP contribution < -0.4 is 14.9 Å². The molecule has 2 rings (SSSR count). The Morgan fingerprint density at radius 2 is 2.00 bits per heavy atom. The molecule has 2 N–H and O–H groups in total. The zero-order valence-electron chi connectivity index (χ0n) is 14.6. The van der Waals surface area contributed by atoms with Gasteiger partial charge in [0.15, 0.2) is 6.61 Å². The number of nitrogens with zero attached hydrogens (tertiary/aromatic N) is 1. The van der Waals surface area contributed by atoms with E-state index in [-0.39, 0.29) is 18.3 Å². The van der Waals surface area contributed by atoms with Gasteiger partial charge in [0.2, 0.25) is 0 Å². The summed E-state index contributed by atoms with van der Waals surface area (Å²) >= 11 is 0. The number of hydrogen-bond donors (Lipinski definition) is 2. The van der Waals surface area contributed by atoms with Crippen LogP contribution in [0.4, 0.5) is 0 Å².